The van der Waals surface area contributed by atoms with E-state index in [0.717, 1.165) is 16.9 Å². The smallest absolute Gasteiger partial charge is 0.252 e. The van der Waals surface area contributed by atoms with Crippen molar-refractivity contribution in [3.8, 4) is 5.75 Å². The molecular weight excluding hydrogens is 434 g/mol. The second-order valence-corrected chi connectivity index (χ2v) is 11.2. The van der Waals surface area contributed by atoms with Gasteiger partial charge in [0.1, 0.15) is 5.75 Å². The predicted molar refractivity (Wildman–Crippen MR) is 126 cm³/mol. The molecule has 0 N–H and O–H groups in total. The van der Waals surface area contributed by atoms with Crippen LogP contribution in [0, 0.1) is 0 Å². The van der Waals surface area contributed by atoms with E-state index in [2.05, 4.69) is 4.99 Å². The summed E-state index contributed by atoms with van der Waals surface area (Å²) in [4.78, 5) is 21.1. The zero-order valence-corrected chi connectivity index (χ0v) is 19.3. The van der Waals surface area contributed by atoms with Crippen LogP contribution in [0.2, 0.25) is 0 Å². The topological polar surface area (TPSA) is 79.3 Å². The maximum atomic E-state index is 12.8. The number of sulfone groups is 1. The maximum absolute atomic E-state index is 12.8. The predicted octanol–water partition coefficient (Wildman–Crippen LogP) is 2.61. The van der Waals surface area contributed by atoms with Gasteiger partial charge >= 0.3 is 0 Å². The molecule has 31 heavy (non-hydrogen) atoms. The van der Waals surface area contributed by atoms with Crippen molar-refractivity contribution in [2.45, 2.75) is 17.7 Å². The lowest BCUT2D eigenvalue weighted by atomic mass is 10.1. The Morgan fingerprint density at radius 3 is 2.55 bits per heavy atom. The lowest BCUT2D eigenvalue weighted by Crippen LogP contribution is -2.37. The molecule has 1 amide bonds. The molecule has 2 aromatic rings. The summed E-state index contributed by atoms with van der Waals surface area (Å²) in [6.45, 7) is 0. The van der Waals surface area contributed by atoms with Gasteiger partial charge in [-0.1, -0.05) is 30.0 Å². The minimum Gasteiger partial charge on any atom is -0.496 e. The summed E-state index contributed by atoms with van der Waals surface area (Å²) in [5.41, 5.74) is 2.65. The number of hydrogen-bond donors (Lipinski definition) is 0. The minimum absolute atomic E-state index is 0.0693. The quantitative estimate of drug-likeness (QED) is 0.680. The fourth-order valence-corrected chi connectivity index (χ4v) is 7.87. The van der Waals surface area contributed by atoms with Gasteiger partial charge in [-0.05, 0) is 30.3 Å². The molecule has 0 radical (unpaired) electrons. The van der Waals surface area contributed by atoms with Gasteiger partial charge in [0.25, 0.3) is 5.91 Å². The van der Waals surface area contributed by atoms with Crippen molar-refractivity contribution in [3.63, 3.8) is 0 Å². The molecule has 0 bridgehead atoms. The van der Waals surface area contributed by atoms with E-state index in [1.54, 1.807) is 7.11 Å². The summed E-state index contributed by atoms with van der Waals surface area (Å²) < 4.78 is 29.8. The van der Waals surface area contributed by atoms with Crippen molar-refractivity contribution in [1.29, 1.82) is 0 Å². The Labute approximate surface area is 187 Å². The first-order valence-electron chi connectivity index (χ1n) is 9.94. The largest absolute Gasteiger partial charge is 0.496 e. The van der Waals surface area contributed by atoms with Gasteiger partial charge in [0, 0.05) is 36.3 Å². The lowest BCUT2D eigenvalue weighted by Gasteiger charge is -2.25. The summed E-state index contributed by atoms with van der Waals surface area (Å²) in [7, 11) is 2.39. The Morgan fingerprint density at radius 2 is 1.87 bits per heavy atom. The third kappa shape index (κ3) is 4.57. The molecule has 9 heteroatoms. The second kappa shape index (κ2) is 8.55. The molecule has 2 aliphatic rings. The van der Waals surface area contributed by atoms with Gasteiger partial charge in [-0.15, -0.1) is 0 Å². The van der Waals surface area contributed by atoms with E-state index in [4.69, 9.17) is 4.74 Å². The number of amides is 1. The van der Waals surface area contributed by atoms with Gasteiger partial charge in [-0.3, -0.25) is 4.79 Å². The van der Waals surface area contributed by atoms with Gasteiger partial charge in [0.2, 0.25) is 0 Å². The van der Waals surface area contributed by atoms with E-state index in [9.17, 15) is 13.2 Å². The molecule has 0 unspecified atom stereocenters. The molecular formula is C22H25N3O4S2. The number of benzene rings is 2. The number of thioether (sulfide) groups is 1. The molecule has 2 atom stereocenters. The van der Waals surface area contributed by atoms with Gasteiger partial charge in [0.05, 0.1) is 31.1 Å². The summed E-state index contributed by atoms with van der Waals surface area (Å²) in [6.07, 6.45) is 0.120. The molecule has 2 aromatic carbocycles. The molecule has 2 aliphatic heterocycles. The number of methoxy groups -OCH3 is 1. The van der Waals surface area contributed by atoms with E-state index < -0.39 is 9.84 Å². The number of carbonyl (C=O) groups excluding carboxylic acids is 1. The van der Waals surface area contributed by atoms with Crippen LogP contribution in [0.5, 0.6) is 5.75 Å². The number of nitrogens with zero attached hydrogens (tertiary/aromatic N) is 3. The zero-order chi connectivity index (χ0) is 22.2. The third-order valence-corrected chi connectivity index (χ3v) is 8.68. The van der Waals surface area contributed by atoms with Crippen LogP contribution in [0.3, 0.4) is 0 Å². The number of anilines is 2. The van der Waals surface area contributed by atoms with Crippen molar-refractivity contribution < 1.29 is 17.9 Å². The normalized spacial score (nSPS) is 23.1. The van der Waals surface area contributed by atoms with Crippen molar-refractivity contribution in [3.05, 3.63) is 54.1 Å². The SMILES string of the molecule is COc1ccccc1CC(=O)N=C1S[C@H]2CS(=O)(=O)C[C@H]2N1c1ccc(N(C)C)cc1. The number of aliphatic imine (C=N–C) groups is 1. The summed E-state index contributed by atoms with van der Waals surface area (Å²) in [6, 6.07) is 15.0. The summed E-state index contributed by atoms with van der Waals surface area (Å²) in [5.74, 6) is 0.535. The molecule has 4 rings (SSSR count). The number of amidine groups is 1. The van der Waals surface area contributed by atoms with Crippen LogP contribution < -0.4 is 14.5 Å². The van der Waals surface area contributed by atoms with E-state index in [1.807, 2.05) is 72.4 Å². The molecule has 0 aromatic heterocycles. The molecule has 2 saturated heterocycles. The standard InChI is InChI=1S/C22H25N3O4S2/c1-24(2)16-8-10-17(11-9-16)25-18-13-31(27,28)14-20(18)30-22(25)23-21(26)12-15-6-4-5-7-19(15)29-3/h4-11,18,20H,12-14H2,1-3H3/t18-,20+/m1/s1. The van der Waals surface area contributed by atoms with Crippen LogP contribution in [0.15, 0.2) is 53.5 Å². The Kier molecular flexibility index (Phi) is 5.98. The maximum Gasteiger partial charge on any atom is 0.252 e. The number of fused-ring (bicyclic) bond motifs is 1. The first kappa shape index (κ1) is 21.7. The first-order chi connectivity index (χ1) is 14.8. The van der Waals surface area contributed by atoms with Crippen LogP contribution in [0.4, 0.5) is 11.4 Å². The fraction of sp³-hybridized carbons (Fsp3) is 0.364. The van der Waals surface area contributed by atoms with Crippen LogP contribution >= 0.6 is 11.8 Å². The number of hydrogen-bond acceptors (Lipinski definition) is 6. The number of rotatable bonds is 5. The van der Waals surface area contributed by atoms with Crippen LogP contribution in [-0.2, 0) is 21.1 Å². The lowest BCUT2D eigenvalue weighted by molar-refractivity contribution is -0.117. The molecule has 2 heterocycles. The highest BCUT2D eigenvalue weighted by Gasteiger charge is 2.49. The van der Waals surface area contributed by atoms with E-state index in [-0.39, 0.29) is 35.1 Å². The van der Waals surface area contributed by atoms with Gasteiger partial charge in [-0.2, -0.15) is 4.99 Å². The summed E-state index contributed by atoms with van der Waals surface area (Å²) >= 11 is 1.38. The van der Waals surface area contributed by atoms with Gasteiger partial charge < -0.3 is 14.5 Å². The van der Waals surface area contributed by atoms with Gasteiger partial charge in [-0.25, -0.2) is 8.42 Å². The highest BCUT2D eigenvalue weighted by molar-refractivity contribution is 8.16. The highest BCUT2D eigenvalue weighted by Crippen LogP contribution is 2.41. The second-order valence-electron chi connectivity index (χ2n) is 7.86. The average Bonchev–Trinajstić information content (AvgIpc) is 3.19. The molecule has 0 spiro atoms. The van der Waals surface area contributed by atoms with Crippen LogP contribution in [-0.4, -0.2) is 63.5 Å². The van der Waals surface area contributed by atoms with Crippen molar-refractivity contribution in [2.24, 2.45) is 4.99 Å². The van der Waals surface area contributed by atoms with Crippen LogP contribution in [0.25, 0.3) is 0 Å². The van der Waals surface area contributed by atoms with E-state index in [1.165, 1.54) is 11.8 Å². The van der Waals surface area contributed by atoms with Crippen molar-refractivity contribution in [1.82, 2.24) is 0 Å². The van der Waals surface area contributed by atoms with E-state index >= 15 is 0 Å². The average molecular weight is 460 g/mol. The summed E-state index contributed by atoms with van der Waals surface area (Å²) in [5, 5.41) is 0.429. The zero-order valence-electron chi connectivity index (χ0n) is 17.7. The Hall–Kier alpha value is -2.52. The molecule has 2 fully saturated rings. The van der Waals surface area contributed by atoms with Gasteiger partial charge in [0.15, 0.2) is 15.0 Å². The monoisotopic (exact) mass is 459 g/mol. The van der Waals surface area contributed by atoms with E-state index in [0.29, 0.717) is 10.9 Å². The molecule has 0 saturated carbocycles. The Morgan fingerprint density at radius 1 is 1.16 bits per heavy atom. The Bertz CT molecular complexity index is 1110. The number of carbonyl (C=O) groups is 1. The van der Waals surface area contributed by atoms with Crippen molar-refractivity contribution >= 4 is 44.0 Å². The molecule has 7 nitrogen and oxygen atoms in total. The number of ether oxygens (including phenoxy) is 1. The highest BCUT2D eigenvalue weighted by atomic mass is 32.2. The molecule has 164 valence electrons. The first-order valence-corrected chi connectivity index (χ1v) is 12.6. The Balaban J connectivity index is 1.64. The van der Waals surface area contributed by atoms with Crippen molar-refractivity contribution in [2.75, 3.05) is 42.5 Å². The van der Waals surface area contributed by atoms with Crippen LogP contribution in [0.1, 0.15) is 5.56 Å². The minimum atomic E-state index is -3.10. The molecule has 0 aliphatic carbocycles. The fourth-order valence-electron chi connectivity index (χ4n) is 3.94. The number of para-hydroxylation sites is 1. The third-order valence-electron chi connectivity index (χ3n) is 5.47.